The summed E-state index contributed by atoms with van der Waals surface area (Å²) in [5.74, 6) is -0.323. The van der Waals surface area contributed by atoms with Crippen LogP contribution in [0.5, 0.6) is 0 Å². The van der Waals surface area contributed by atoms with Gasteiger partial charge in [0.25, 0.3) is 11.8 Å². The van der Waals surface area contributed by atoms with Gasteiger partial charge in [-0.2, -0.15) is 0 Å². The molecule has 4 heteroatoms. The molecule has 1 N–H and O–H groups in total. The number of benzene rings is 3. The van der Waals surface area contributed by atoms with E-state index in [1.807, 2.05) is 85.8 Å². The summed E-state index contributed by atoms with van der Waals surface area (Å²) < 4.78 is 0. The van der Waals surface area contributed by atoms with Crippen LogP contribution in [0.4, 0.5) is 5.69 Å². The molecule has 1 aliphatic heterocycles. The summed E-state index contributed by atoms with van der Waals surface area (Å²) in [6.45, 7) is 2.37. The number of fused-ring (bicyclic) bond motifs is 1. The highest BCUT2D eigenvalue weighted by Gasteiger charge is 2.37. The van der Waals surface area contributed by atoms with Gasteiger partial charge in [0.15, 0.2) is 0 Å². The third-order valence-electron chi connectivity index (χ3n) is 4.93. The second-order valence-electron chi connectivity index (χ2n) is 6.71. The Balaban J connectivity index is 1.70. The van der Waals surface area contributed by atoms with E-state index in [-0.39, 0.29) is 11.8 Å². The van der Waals surface area contributed by atoms with E-state index in [2.05, 4.69) is 5.32 Å². The summed E-state index contributed by atoms with van der Waals surface area (Å²) in [7, 11) is 0. The minimum Gasteiger partial charge on any atom is -0.324 e. The second-order valence-corrected chi connectivity index (χ2v) is 6.71. The second kappa shape index (κ2) is 7.08. The monoisotopic (exact) mass is 356 g/mol. The largest absolute Gasteiger partial charge is 0.324 e. The van der Waals surface area contributed by atoms with Crippen molar-refractivity contribution >= 4 is 17.5 Å². The molecule has 2 amide bonds. The first-order valence-corrected chi connectivity index (χ1v) is 8.95. The topological polar surface area (TPSA) is 49.4 Å². The van der Waals surface area contributed by atoms with E-state index >= 15 is 0 Å². The van der Waals surface area contributed by atoms with E-state index in [4.69, 9.17) is 0 Å². The average molecular weight is 356 g/mol. The van der Waals surface area contributed by atoms with Gasteiger partial charge < -0.3 is 10.2 Å². The molecule has 3 aromatic carbocycles. The van der Waals surface area contributed by atoms with Gasteiger partial charge in [-0.25, -0.2) is 0 Å². The predicted octanol–water partition coefficient (Wildman–Crippen LogP) is 4.33. The lowest BCUT2D eigenvalue weighted by Crippen LogP contribution is -2.37. The van der Waals surface area contributed by atoms with E-state index < -0.39 is 6.04 Å². The summed E-state index contributed by atoms with van der Waals surface area (Å²) in [6.07, 6.45) is 0. The highest BCUT2D eigenvalue weighted by atomic mass is 16.2. The smallest absolute Gasteiger partial charge is 0.255 e. The van der Waals surface area contributed by atoms with Gasteiger partial charge >= 0.3 is 0 Å². The molecular formula is C23H20N2O2. The SMILES string of the molecule is Cc1ccccc1NC(=O)[C@@H](c1ccccc1)N1Cc2ccccc2C1=O. The Hall–Kier alpha value is -3.40. The molecule has 0 radical (unpaired) electrons. The molecule has 1 atom stereocenters. The van der Waals surface area contributed by atoms with Gasteiger partial charge in [-0.1, -0.05) is 66.7 Å². The Bertz CT molecular complexity index is 998. The molecule has 4 rings (SSSR count). The van der Waals surface area contributed by atoms with Crippen LogP contribution in [-0.2, 0) is 11.3 Å². The fraction of sp³-hybridized carbons (Fsp3) is 0.130. The molecular weight excluding hydrogens is 336 g/mol. The molecule has 0 saturated heterocycles. The number of hydrogen-bond donors (Lipinski definition) is 1. The molecule has 1 heterocycles. The van der Waals surface area contributed by atoms with Crippen LogP contribution in [0.3, 0.4) is 0 Å². The summed E-state index contributed by atoms with van der Waals surface area (Å²) in [4.78, 5) is 27.9. The third-order valence-corrected chi connectivity index (χ3v) is 4.93. The van der Waals surface area contributed by atoms with E-state index in [0.29, 0.717) is 12.1 Å². The number of anilines is 1. The summed E-state index contributed by atoms with van der Waals surface area (Å²) in [6, 6.07) is 23.9. The zero-order chi connectivity index (χ0) is 18.8. The Morgan fingerprint density at radius 2 is 1.59 bits per heavy atom. The number of nitrogens with zero attached hydrogens (tertiary/aromatic N) is 1. The molecule has 3 aromatic rings. The van der Waals surface area contributed by atoms with Crippen molar-refractivity contribution < 1.29 is 9.59 Å². The molecule has 1 aliphatic rings. The first-order chi connectivity index (χ1) is 13.1. The van der Waals surface area contributed by atoms with E-state index in [0.717, 1.165) is 22.4 Å². The molecule has 0 bridgehead atoms. The number of para-hydroxylation sites is 1. The summed E-state index contributed by atoms with van der Waals surface area (Å²) in [5.41, 5.74) is 4.15. The molecule has 4 nitrogen and oxygen atoms in total. The predicted molar refractivity (Wildman–Crippen MR) is 105 cm³/mol. The normalized spacial score (nSPS) is 14.0. The first-order valence-electron chi connectivity index (χ1n) is 8.95. The Kier molecular flexibility index (Phi) is 4.47. The van der Waals surface area contributed by atoms with E-state index in [1.54, 1.807) is 4.90 Å². The van der Waals surface area contributed by atoms with Crippen molar-refractivity contribution in [3.05, 3.63) is 101 Å². The van der Waals surface area contributed by atoms with Crippen molar-refractivity contribution in [3.8, 4) is 0 Å². The summed E-state index contributed by atoms with van der Waals surface area (Å²) in [5, 5.41) is 3.00. The van der Waals surface area contributed by atoms with E-state index in [9.17, 15) is 9.59 Å². The lowest BCUT2D eigenvalue weighted by molar-refractivity contribution is -0.120. The number of rotatable bonds is 4. The molecule has 0 aromatic heterocycles. The number of nitrogens with one attached hydrogen (secondary N) is 1. The van der Waals surface area contributed by atoms with Crippen LogP contribution in [0.1, 0.15) is 33.1 Å². The van der Waals surface area contributed by atoms with Crippen molar-refractivity contribution in [2.45, 2.75) is 19.5 Å². The molecule has 0 fully saturated rings. The maximum Gasteiger partial charge on any atom is 0.255 e. The van der Waals surface area contributed by atoms with Crippen LogP contribution in [0.2, 0.25) is 0 Å². The van der Waals surface area contributed by atoms with Crippen LogP contribution in [0, 0.1) is 6.92 Å². The molecule has 0 saturated carbocycles. The highest BCUT2D eigenvalue weighted by Crippen LogP contribution is 2.32. The average Bonchev–Trinajstić information content (AvgIpc) is 3.01. The lowest BCUT2D eigenvalue weighted by atomic mass is 10.0. The quantitative estimate of drug-likeness (QED) is 0.756. The zero-order valence-electron chi connectivity index (χ0n) is 15.1. The fourth-order valence-corrected chi connectivity index (χ4v) is 3.51. The van der Waals surface area contributed by atoms with Crippen LogP contribution in [0.25, 0.3) is 0 Å². The van der Waals surface area contributed by atoms with E-state index in [1.165, 1.54) is 0 Å². The third kappa shape index (κ3) is 3.22. The number of amides is 2. The van der Waals surface area contributed by atoms with Crippen LogP contribution < -0.4 is 5.32 Å². The Labute approximate surface area is 158 Å². The van der Waals surface area contributed by atoms with Crippen LogP contribution in [0.15, 0.2) is 78.9 Å². The molecule has 0 aliphatic carbocycles. The fourth-order valence-electron chi connectivity index (χ4n) is 3.51. The zero-order valence-corrected chi connectivity index (χ0v) is 15.1. The lowest BCUT2D eigenvalue weighted by Gasteiger charge is -2.27. The van der Waals surface area contributed by atoms with Gasteiger partial charge in [-0.05, 0) is 35.7 Å². The van der Waals surface area contributed by atoms with Gasteiger partial charge in [0.2, 0.25) is 0 Å². The van der Waals surface area contributed by atoms with Crippen molar-refractivity contribution in [1.29, 1.82) is 0 Å². The summed E-state index contributed by atoms with van der Waals surface area (Å²) >= 11 is 0. The molecule has 0 spiro atoms. The van der Waals surface area contributed by atoms with Gasteiger partial charge in [0, 0.05) is 17.8 Å². The van der Waals surface area contributed by atoms with Crippen molar-refractivity contribution in [2.24, 2.45) is 0 Å². The van der Waals surface area contributed by atoms with Gasteiger partial charge in [0.1, 0.15) is 6.04 Å². The highest BCUT2D eigenvalue weighted by molar-refractivity contribution is 6.04. The van der Waals surface area contributed by atoms with Crippen molar-refractivity contribution in [1.82, 2.24) is 4.90 Å². The molecule has 134 valence electrons. The molecule has 0 unspecified atom stereocenters. The van der Waals surface area contributed by atoms with Crippen molar-refractivity contribution in [3.63, 3.8) is 0 Å². The van der Waals surface area contributed by atoms with Crippen molar-refractivity contribution in [2.75, 3.05) is 5.32 Å². The maximum absolute atomic E-state index is 13.2. The number of aryl methyl sites for hydroxylation is 1. The number of carbonyl (C=O) groups is 2. The number of carbonyl (C=O) groups excluding carboxylic acids is 2. The van der Waals surface area contributed by atoms with Gasteiger partial charge in [-0.15, -0.1) is 0 Å². The Morgan fingerprint density at radius 3 is 2.33 bits per heavy atom. The minimum atomic E-state index is -0.689. The number of hydrogen-bond acceptors (Lipinski definition) is 2. The minimum absolute atomic E-state index is 0.112. The Morgan fingerprint density at radius 1 is 0.926 bits per heavy atom. The maximum atomic E-state index is 13.2. The van der Waals surface area contributed by atoms with Gasteiger partial charge in [0.05, 0.1) is 0 Å². The first kappa shape index (κ1) is 17.0. The molecule has 27 heavy (non-hydrogen) atoms. The van der Waals surface area contributed by atoms with Gasteiger partial charge in [-0.3, -0.25) is 9.59 Å². The standard InChI is InChI=1S/C23H20N2O2/c1-16-9-5-8-14-20(16)24-22(26)21(17-10-3-2-4-11-17)25-15-18-12-6-7-13-19(18)23(25)27/h2-14,21H,15H2,1H3,(H,24,26)/t21-/m1/s1. The van der Waals surface area contributed by atoms with Crippen LogP contribution >= 0.6 is 0 Å². The van der Waals surface area contributed by atoms with Crippen LogP contribution in [-0.4, -0.2) is 16.7 Å².